The molecule has 23 heavy (non-hydrogen) atoms. The van der Waals surface area contributed by atoms with Gasteiger partial charge in [0.05, 0.1) is 7.11 Å². The lowest BCUT2D eigenvalue weighted by Crippen LogP contribution is -2.40. The van der Waals surface area contributed by atoms with Gasteiger partial charge in [-0.3, -0.25) is 4.79 Å². The topological polar surface area (TPSA) is 29.5 Å². The highest BCUT2D eigenvalue weighted by Gasteiger charge is 2.24. The average molecular weight is 309 g/mol. The Labute approximate surface area is 137 Å². The normalized spacial score (nSPS) is 18.7. The molecule has 0 aromatic heterocycles. The summed E-state index contributed by atoms with van der Waals surface area (Å²) in [4.78, 5) is 18.3. The highest BCUT2D eigenvalue weighted by molar-refractivity contribution is 6.09. The van der Waals surface area contributed by atoms with Gasteiger partial charge in [-0.25, -0.2) is 0 Å². The number of carbonyl (C=O) groups is 1. The molecule has 3 rings (SSSR count). The van der Waals surface area contributed by atoms with Crippen LogP contribution in [0.4, 0.5) is 0 Å². The number of hydrogen-bond donors (Lipinski definition) is 0. The van der Waals surface area contributed by atoms with E-state index in [9.17, 15) is 4.79 Å². The Morgan fingerprint density at radius 1 is 1.09 bits per heavy atom. The fourth-order valence-corrected chi connectivity index (χ4v) is 3.34. The standard InChI is InChI=1S/C20H23NO2/c1-23-21-14-8-7-12-18(21)15-17-11-5-6-13-19(17)20(22)16-9-3-2-4-10-16/h2-6,9-11,13,18H,7-8,12,14-15H2,1H3. The highest BCUT2D eigenvalue weighted by atomic mass is 16.7. The quantitative estimate of drug-likeness (QED) is 0.785. The molecule has 0 spiro atoms. The maximum atomic E-state index is 12.8. The maximum Gasteiger partial charge on any atom is 0.193 e. The summed E-state index contributed by atoms with van der Waals surface area (Å²) in [6.45, 7) is 0.968. The van der Waals surface area contributed by atoms with Gasteiger partial charge in [0.1, 0.15) is 0 Å². The number of benzene rings is 2. The van der Waals surface area contributed by atoms with Gasteiger partial charge < -0.3 is 4.84 Å². The zero-order valence-electron chi connectivity index (χ0n) is 13.6. The maximum absolute atomic E-state index is 12.8. The first-order valence-corrected chi connectivity index (χ1v) is 8.28. The van der Waals surface area contributed by atoms with Crippen LogP contribution in [-0.4, -0.2) is 30.5 Å². The van der Waals surface area contributed by atoms with E-state index in [1.807, 2.05) is 48.5 Å². The van der Waals surface area contributed by atoms with Gasteiger partial charge in [-0.15, -0.1) is 0 Å². The summed E-state index contributed by atoms with van der Waals surface area (Å²) in [5.74, 6) is 0.0981. The van der Waals surface area contributed by atoms with Crippen molar-refractivity contribution >= 4 is 5.78 Å². The molecular weight excluding hydrogens is 286 g/mol. The summed E-state index contributed by atoms with van der Waals surface area (Å²) in [5, 5.41) is 2.06. The van der Waals surface area contributed by atoms with E-state index in [-0.39, 0.29) is 5.78 Å². The van der Waals surface area contributed by atoms with Crippen LogP contribution in [0.25, 0.3) is 0 Å². The molecule has 0 aliphatic carbocycles. The van der Waals surface area contributed by atoms with E-state index >= 15 is 0 Å². The van der Waals surface area contributed by atoms with Crippen molar-refractivity contribution < 1.29 is 9.63 Å². The highest BCUT2D eigenvalue weighted by Crippen LogP contribution is 2.23. The van der Waals surface area contributed by atoms with Gasteiger partial charge in [-0.2, -0.15) is 5.06 Å². The second kappa shape index (κ2) is 7.53. The predicted molar refractivity (Wildman–Crippen MR) is 91.4 cm³/mol. The third-order valence-electron chi connectivity index (χ3n) is 4.56. The van der Waals surface area contributed by atoms with Crippen molar-refractivity contribution in [1.29, 1.82) is 0 Å². The van der Waals surface area contributed by atoms with Gasteiger partial charge in [0.2, 0.25) is 0 Å². The number of ketones is 1. The van der Waals surface area contributed by atoms with Crippen molar-refractivity contribution in [3.05, 3.63) is 71.3 Å². The zero-order chi connectivity index (χ0) is 16.1. The first-order valence-electron chi connectivity index (χ1n) is 8.28. The molecular formula is C20H23NO2. The van der Waals surface area contributed by atoms with Crippen molar-refractivity contribution in [1.82, 2.24) is 5.06 Å². The smallest absolute Gasteiger partial charge is 0.193 e. The lowest BCUT2D eigenvalue weighted by atomic mass is 9.91. The molecule has 120 valence electrons. The molecule has 1 heterocycles. The summed E-state index contributed by atoms with van der Waals surface area (Å²) < 4.78 is 0. The Balaban J connectivity index is 1.84. The van der Waals surface area contributed by atoms with Crippen LogP contribution in [0.15, 0.2) is 54.6 Å². The van der Waals surface area contributed by atoms with Crippen LogP contribution >= 0.6 is 0 Å². The van der Waals surface area contributed by atoms with Gasteiger partial charge in [-0.05, 0) is 24.8 Å². The van der Waals surface area contributed by atoms with Crippen LogP contribution in [0.5, 0.6) is 0 Å². The minimum atomic E-state index is 0.0981. The molecule has 1 atom stereocenters. The van der Waals surface area contributed by atoms with Crippen molar-refractivity contribution in [2.45, 2.75) is 31.7 Å². The van der Waals surface area contributed by atoms with Crippen molar-refractivity contribution in [3.8, 4) is 0 Å². The summed E-state index contributed by atoms with van der Waals surface area (Å²) >= 11 is 0. The number of piperidine rings is 1. The molecule has 2 aromatic carbocycles. The summed E-state index contributed by atoms with van der Waals surface area (Å²) in [5.41, 5.74) is 2.66. The number of hydrogen-bond acceptors (Lipinski definition) is 3. The Kier molecular flexibility index (Phi) is 5.21. The molecule has 0 bridgehead atoms. The van der Waals surface area contributed by atoms with E-state index in [0.717, 1.165) is 36.1 Å². The molecule has 0 radical (unpaired) electrons. The van der Waals surface area contributed by atoms with Crippen molar-refractivity contribution in [2.24, 2.45) is 0 Å². The number of rotatable bonds is 5. The van der Waals surface area contributed by atoms with Crippen LogP contribution in [0, 0.1) is 0 Å². The van der Waals surface area contributed by atoms with Gasteiger partial charge in [0, 0.05) is 23.7 Å². The van der Waals surface area contributed by atoms with E-state index in [0.29, 0.717) is 6.04 Å². The van der Waals surface area contributed by atoms with Gasteiger partial charge in [-0.1, -0.05) is 61.0 Å². The minimum absolute atomic E-state index is 0.0981. The molecule has 3 nitrogen and oxygen atoms in total. The first-order chi connectivity index (χ1) is 11.3. The molecule has 2 aromatic rings. The molecule has 1 fully saturated rings. The third kappa shape index (κ3) is 3.69. The number of nitrogens with zero attached hydrogens (tertiary/aromatic N) is 1. The molecule has 1 unspecified atom stereocenters. The Morgan fingerprint density at radius 3 is 2.61 bits per heavy atom. The molecule has 1 aliphatic heterocycles. The van der Waals surface area contributed by atoms with Gasteiger partial charge in [0.15, 0.2) is 5.78 Å². The van der Waals surface area contributed by atoms with E-state index in [1.165, 1.54) is 12.8 Å². The van der Waals surface area contributed by atoms with E-state index in [4.69, 9.17) is 4.84 Å². The second-order valence-electron chi connectivity index (χ2n) is 6.03. The van der Waals surface area contributed by atoms with Crippen LogP contribution < -0.4 is 0 Å². The minimum Gasteiger partial charge on any atom is -0.302 e. The molecule has 0 N–H and O–H groups in total. The lowest BCUT2D eigenvalue weighted by molar-refractivity contribution is -0.173. The Morgan fingerprint density at radius 2 is 1.83 bits per heavy atom. The second-order valence-corrected chi connectivity index (χ2v) is 6.03. The lowest BCUT2D eigenvalue weighted by Gasteiger charge is -2.33. The summed E-state index contributed by atoms with van der Waals surface area (Å²) in [6, 6.07) is 17.8. The number of carbonyl (C=O) groups excluding carboxylic acids is 1. The number of hydroxylamine groups is 2. The van der Waals surface area contributed by atoms with E-state index in [2.05, 4.69) is 11.1 Å². The van der Waals surface area contributed by atoms with E-state index < -0.39 is 0 Å². The fraction of sp³-hybridized carbons (Fsp3) is 0.350. The largest absolute Gasteiger partial charge is 0.302 e. The monoisotopic (exact) mass is 309 g/mol. The van der Waals surface area contributed by atoms with Crippen molar-refractivity contribution in [3.63, 3.8) is 0 Å². The zero-order valence-corrected chi connectivity index (χ0v) is 13.6. The fourth-order valence-electron chi connectivity index (χ4n) is 3.34. The Hall–Kier alpha value is -1.97. The van der Waals surface area contributed by atoms with Crippen LogP contribution in [0.1, 0.15) is 40.7 Å². The van der Waals surface area contributed by atoms with Crippen molar-refractivity contribution in [2.75, 3.05) is 13.7 Å². The third-order valence-corrected chi connectivity index (χ3v) is 4.56. The molecule has 3 heteroatoms. The first kappa shape index (κ1) is 15.9. The average Bonchev–Trinajstić information content (AvgIpc) is 2.63. The molecule has 1 saturated heterocycles. The molecule has 0 amide bonds. The predicted octanol–water partition coefficient (Wildman–Crippen LogP) is 3.88. The summed E-state index contributed by atoms with van der Waals surface area (Å²) in [6.07, 6.45) is 4.36. The van der Waals surface area contributed by atoms with Crippen LogP contribution in [0.3, 0.4) is 0 Å². The van der Waals surface area contributed by atoms with Crippen LogP contribution in [0.2, 0.25) is 0 Å². The van der Waals surface area contributed by atoms with E-state index in [1.54, 1.807) is 7.11 Å². The van der Waals surface area contributed by atoms with Crippen LogP contribution in [-0.2, 0) is 11.3 Å². The summed E-state index contributed by atoms with van der Waals surface area (Å²) in [7, 11) is 1.74. The SMILES string of the molecule is CON1CCCCC1Cc1ccccc1C(=O)c1ccccc1. The molecule has 0 saturated carbocycles. The van der Waals surface area contributed by atoms with Gasteiger partial charge >= 0.3 is 0 Å². The van der Waals surface area contributed by atoms with Gasteiger partial charge in [0.25, 0.3) is 0 Å². The Bertz CT molecular complexity index is 654. The molecule has 1 aliphatic rings.